The van der Waals surface area contributed by atoms with E-state index < -0.39 is 5.97 Å². The topological polar surface area (TPSA) is 62.2 Å². The quantitative estimate of drug-likeness (QED) is 0.804. The first-order chi connectivity index (χ1) is 12.5. The van der Waals surface area contributed by atoms with Gasteiger partial charge in [-0.15, -0.1) is 0 Å². The molecule has 0 bridgehead atoms. The summed E-state index contributed by atoms with van der Waals surface area (Å²) >= 11 is 0. The summed E-state index contributed by atoms with van der Waals surface area (Å²) < 4.78 is 11.5. The zero-order chi connectivity index (χ0) is 18.7. The van der Waals surface area contributed by atoms with Crippen LogP contribution in [0, 0.1) is 0 Å². The number of likely N-dealkylation sites (N-methyl/N-ethyl adjacent to an activating group) is 1. The third-order valence-corrected chi connectivity index (χ3v) is 5.49. The van der Waals surface area contributed by atoms with E-state index >= 15 is 0 Å². The molecule has 0 amide bonds. The maximum Gasteiger partial charge on any atom is 0.317 e. The van der Waals surface area contributed by atoms with E-state index in [1.807, 2.05) is 6.92 Å². The molecule has 1 aromatic carbocycles. The molecule has 1 N–H and O–H groups in total. The summed E-state index contributed by atoms with van der Waals surface area (Å²) in [6.07, 6.45) is 3.16. The van der Waals surface area contributed by atoms with E-state index in [9.17, 15) is 4.79 Å². The molecule has 6 nitrogen and oxygen atoms in total. The first-order valence-electron chi connectivity index (χ1n) is 9.54. The number of fused-ring (bicyclic) bond motifs is 1. The zero-order valence-electron chi connectivity index (χ0n) is 16.0. The fourth-order valence-electron chi connectivity index (χ4n) is 4.17. The maximum atomic E-state index is 11.0. The van der Waals surface area contributed by atoms with Gasteiger partial charge in [0.2, 0.25) is 0 Å². The van der Waals surface area contributed by atoms with Gasteiger partial charge < -0.3 is 14.6 Å². The van der Waals surface area contributed by atoms with Gasteiger partial charge in [0, 0.05) is 30.1 Å². The van der Waals surface area contributed by atoms with Gasteiger partial charge in [0.1, 0.15) is 17.6 Å². The van der Waals surface area contributed by atoms with E-state index in [0.717, 1.165) is 56.9 Å². The molecule has 0 aromatic heterocycles. The van der Waals surface area contributed by atoms with Crippen LogP contribution in [0.1, 0.15) is 37.8 Å². The second kappa shape index (κ2) is 8.27. The lowest BCUT2D eigenvalue weighted by molar-refractivity contribution is -0.139. The number of ether oxygens (including phenoxy) is 2. The Hall–Kier alpha value is -1.79. The molecule has 26 heavy (non-hydrogen) atoms. The smallest absolute Gasteiger partial charge is 0.317 e. The molecule has 1 saturated heterocycles. The van der Waals surface area contributed by atoms with Crippen molar-refractivity contribution in [2.45, 2.75) is 51.8 Å². The monoisotopic (exact) mass is 362 g/mol. The van der Waals surface area contributed by atoms with Crippen LogP contribution in [0.2, 0.25) is 0 Å². The Morgan fingerprint density at radius 1 is 1.38 bits per heavy atom. The predicted molar refractivity (Wildman–Crippen MR) is 100.0 cm³/mol. The summed E-state index contributed by atoms with van der Waals surface area (Å²) in [6, 6.07) is 4.53. The van der Waals surface area contributed by atoms with Crippen LogP contribution in [0.3, 0.4) is 0 Å². The molecule has 1 fully saturated rings. The van der Waals surface area contributed by atoms with Crippen LogP contribution in [0.15, 0.2) is 12.1 Å². The van der Waals surface area contributed by atoms with E-state index in [0.29, 0.717) is 6.04 Å². The summed E-state index contributed by atoms with van der Waals surface area (Å²) in [6.45, 7) is 7.86. The van der Waals surface area contributed by atoms with Crippen LogP contribution < -0.4 is 9.47 Å². The number of piperidine rings is 1. The summed E-state index contributed by atoms with van der Waals surface area (Å²) in [7, 11) is 1.71. The molecule has 2 aliphatic rings. The van der Waals surface area contributed by atoms with Crippen LogP contribution in [0.5, 0.6) is 11.5 Å². The van der Waals surface area contributed by atoms with E-state index in [-0.39, 0.29) is 12.6 Å². The number of carbonyl (C=O) groups is 1. The highest BCUT2D eigenvalue weighted by atomic mass is 16.5. The van der Waals surface area contributed by atoms with E-state index in [4.69, 9.17) is 14.6 Å². The number of likely N-dealkylation sites (tertiary alicyclic amines) is 1. The Morgan fingerprint density at radius 3 is 2.73 bits per heavy atom. The van der Waals surface area contributed by atoms with Gasteiger partial charge in [0.25, 0.3) is 0 Å². The standard InChI is InChI=1S/C20H30N2O4/c1-4-22(13-19(23)24)17-5-7-21(8-6-17)12-16-11-18(25-3)10-15-9-14(2)26-20(15)16/h10-11,14,17H,4-9,12-13H2,1-3H3,(H,23,24). The van der Waals surface area contributed by atoms with Gasteiger partial charge in [0.15, 0.2) is 0 Å². The summed E-state index contributed by atoms with van der Waals surface area (Å²) in [5.41, 5.74) is 2.43. The Bertz CT molecular complexity index is 641. The van der Waals surface area contributed by atoms with Crippen molar-refractivity contribution in [3.05, 3.63) is 23.3 Å². The van der Waals surface area contributed by atoms with Gasteiger partial charge in [-0.1, -0.05) is 6.92 Å². The lowest BCUT2D eigenvalue weighted by Crippen LogP contribution is -2.46. The molecule has 3 rings (SSSR count). The number of aliphatic carboxylic acids is 1. The van der Waals surface area contributed by atoms with E-state index in [1.54, 1.807) is 7.11 Å². The number of rotatable bonds is 7. The average molecular weight is 362 g/mol. The van der Waals surface area contributed by atoms with Gasteiger partial charge in [-0.2, -0.15) is 0 Å². The lowest BCUT2D eigenvalue weighted by atomic mass is 10.0. The second-order valence-corrected chi connectivity index (χ2v) is 7.37. The minimum Gasteiger partial charge on any atom is -0.497 e. The molecule has 1 atom stereocenters. The number of hydrogen-bond donors (Lipinski definition) is 1. The number of carboxylic acids is 1. The molecule has 144 valence electrons. The summed E-state index contributed by atoms with van der Waals surface area (Å²) in [5, 5.41) is 9.07. The van der Waals surface area contributed by atoms with E-state index in [1.165, 1.54) is 11.1 Å². The predicted octanol–water partition coefficient (Wildman–Crippen LogP) is 2.39. The number of hydrogen-bond acceptors (Lipinski definition) is 5. The molecular weight excluding hydrogens is 332 g/mol. The van der Waals surface area contributed by atoms with Crippen molar-refractivity contribution in [3.63, 3.8) is 0 Å². The third-order valence-electron chi connectivity index (χ3n) is 5.49. The van der Waals surface area contributed by atoms with Crippen molar-refractivity contribution in [1.29, 1.82) is 0 Å². The minimum atomic E-state index is -0.743. The molecular formula is C20H30N2O4. The van der Waals surface area contributed by atoms with Crippen molar-refractivity contribution in [2.75, 3.05) is 33.3 Å². The van der Waals surface area contributed by atoms with E-state index in [2.05, 4.69) is 28.9 Å². The third kappa shape index (κ3) is 4.30. The van der Waals surface area contributed by atoms with Crippen molar-refractivity contribution < 1.29 is 19.4 Å². The van der Waals surface area contributed by atoms with Crippen molar-refractivity contribution in [3.8, 4) is 11.5 Å². The Kier molecular flexibility index (Phi) is 6.04. The van der Waals surface area contributed by atoms with Gasteiger partial charge in [-0.25, -0.2) is 0 Å². The largest absolute Gasteiger partial charge is 0.497 e. The van der Waals surface area contributed by atoms with Gasteiger partial charge in [-0.05, 0) is 51.5 Å². The minimum absolute atomic E-state index is 0.135. The summed E-state index contributed by atoms with van der Waals surface area (Å²) in [5.74, 6) is 1.18. The van der Waals surface area contributed by atoms with Crippen molar-refractivity contribution in [1.82, 2.24) is 9.80 Å². The number of carboxylic acid groups (broad SMARTS) is 1. The van der Waals surface area contributed by atoms with Crippen molar-refractivity contribution in [2.24, 2.45) is 0 Å². The highest BCUT2D eigenvalue weighted by Crippen LogP contribution is 2.37. The number of methoxy groups -OCH3 is 1. The van der Waals surface area contributed by atoms with Crippen LogP contribution in [-0.4, -0.2) is 66.3 Å². The molecule has 0 aliphatic carbocycles. The van der Waals surface area contributed by atoms with Gasteiger partial charge >= 0.3 is 5.97 Å². The molecule has 6 heteroatoms. The van der Waals surface area contributed by atoms with Gasteiger partial charge in [-0.3, -0.25) is 14.6 Å². The van der Waals surface area contributed by atoms with Crippen LogP contribution in [0.4, 0.5) is 0 Å². The Morgan fingerprint density at radius 2 is 2.12 bits per heavy atom. The van der Waals surface area contributed by atoms with Crippen LogP contribution in [0.25, 0.3) is 0 Å². The number of nitrogens with zero attached hydrogens (tertiary/aromatic N) is 2. The Balaban J connectivity index is 1.63. The average Bonchev–Trinajstić information content (AvgIpc) is 3.00. The second-order valence-electron chi connectivity index (χ2n) is 7.37. The van der Waals surface area contributed by atoms with Gasteiger partial charge in [0.05, 0.1) is 13.7 Å². The highest BCUT2D eigenvalue weighted by Gasteiger charge is 2.28. The maximum absolute atomic E-state index is 11.0. The molecule has 1 unspecified atom stereocenters. The number of benzene rings is 1. The molecule has 2 aliphatic heterocycles. The lowest BCUT2D eigenvalue weighted by Gasteiger charge is -2.37. The zero-order valence-corrected chi connectivity index (χ0v) is 16.0. The highest BCUT2D eigenvalue weighted by molar-refractivity contribution is 5.69. The van der Waals surface area contributed by atoms with Crippen molar-refractivity contribution >= 4 is 5.97 Å². The molecule has 0 spiro atoms. The normalized spacial score (nSPS) is 20.8. The molecule has 1 aromatic rings. The molecule has 0 radical (unpaired) electrons. The van der Waals surface area contributed by atoms with Crippen LogP contribution >= 0.6 is 0 Å². The molecule has 0 saturated carbocycles. The molecule has 2 heterocycles. The fraction of sp³-hybridized carbons (Fsp3) is 0.650. The first-order valence-corrected chi connectivity index (χ1v) is 9.54. The fourth-order valence-corrected chi connectivity index (χ4v) is 4.17. The summed E-state index contributed by atoms with van der Waals surface area (Å²) in [4.78, 5) is 15.5. The Labute approximate surface area is 155 Å². The first kappa shape index (κ1) is 19.0. The van der Waals surface area contributed by atoms with Crippen LogP contribution in [-0.2, 0) is 17.8 Å². The SMILES string of the molecule is CCN(CC(=O)O)C1CCN(Cc2cc(OC)cc3c2OC(C)C3)CC1.